The first kappa shape index (κ1) is 18.7. The Morgan fingerprint density at radius 1 is 0.880 bits per heavy atom. The summed E-state index contributed by atoms with van der Waals surface area (Å²) in [5.41, 5.74) is 1.62. The molecule has 0 bridgehead atoms. The Bertz CT molecular complexity index is 747. The van der Waals surface area contributed by atoms with Gasteiger partial charge in [-0.15, -0.1) is 0 Å². The lowest BCUT2D eigenvalue weighted by Gasteiger charge is -2.13. The maximum Gasteiger partial charge on any atom is 0.343 e. The highest BCUT2D eigenvalue weighted by Crippen LogP contribution is 2.26. The van der Waals surface area contributed by atoms with Crippen LogP contribution in [0.15, 0.2) is 48.5 Å². The van der Waals surface area contributed by atoms with Crippen molar-refractivity contribution in [1.29, 1.82) is 0 Å². The maximum atomic E-state index is 12.5. The predicted octanol–water partition coefficient (Wildman–Crippen LogP) is 4.84. The number of para-hydroxylation sites is 1. The molecule has 0 aromatic heterocycles. The molecule has 2 rings (SSSR count). The van der Waals surface area contributed by atoms with Gasteiger partial charge in [-0.1, -0.05) is 52.0 Å². The molecule has 0 aliphatic carbocycles. The molecular weight excluding hydrogens is 316 g/mol. The number of carbonyl (C=O) groups is 2. The average Bonchev–Trinajstić information content (AvgIpc) is 2.60. The van der Waals surface area contributed by atoms with E-state index in [1.807, 2.05) is 45.9 Å². The van der Waals surface area contributed by atoms with E-state index < -0.39 is 11.9 Å². The summed E-state index contributed by atoms with van der Waals surface area (Å²) in [6, 6.07) is 13.9. The molecule has 4 heteroatoms. The Morgan fingerprint density at radius 2 is 1.52 bits per heavy atom. The third-order valence-electron chi connectivity index (χ3n) is 3.63. The number of rotatable bonds is 6. The molecule has 4 nitrogen and oxygen atoms in total. The molecule has 0 saturated heterocycles. The first-order valence-electron chi connectivity index (χ1n) is 8.46. The van der Waals surface area contributed by atoms with Crippen molar-refractivity contribution in [2.45, 2.75) is 33.6 Å². The smallest absolute Gasteiger partial charge is 0.343 e. The summed E-state index contributed by atoms with van der Waals surface area (Å²) in [7, 11) is 0. The van der Waals surface area contributed by atoms with Gasteiger partial charge in [-0.05, 0) is 41.7 Å². The summed E-state index contributed by atoms with van der Waals surface area (Å²) in [5.74, 6) is 0.0961. The molecule has 0 amide bonds. The van der Waals surface area contributed by atoms with Crippen LogP contribution in [0.1, 0.15) is 59.9 Å². The molecule has 0 aliphatic rings. The van der Waals surface area contributed by atoms with Crippen molar-refractivity contribution in [3.63, 3.8) is 0 Å². The number of ether oxygens (including phenoxy) is 2. The molecule has 0 N–H and O–H groups in total. The van der Waals surface area contributed by atoms with E-state index >= 15 is 0 Å². The fourth-order valence-electron chi connectivity index (χ4n) is 2.31. The van der Waals surface area contributed by atoms with E-state index in [-0.39, 0.29) is 11.8 Å². The van der Waals surface area contributed by atoms with Crippen LogP contribution in [-0.2, 0) is 4.74 Å². The number of carbonyl (C=O) groups excluding carboxylic acids is 2. The molecule has 0 saturated carbocycles. The maximum absolute atomic E-state index is 12.5. The molecule has 132 valence electrons. The third kappa shape index (κ3) is 5.18. The molecule has 0 atom stereocenters. The van der Waals surface area contributed by atoms with Gasteiger partial charge in [0.2, 0.25) is 0 Å². The number of benzene rings is 2. The van der Waals surface area contributed by atoms with Crippen LogP contribution in [0.25, 0.3) is 0 Å². The largest absolute Gasteiger partial charge is 0.462 e. The van der Waals surface area contributed by atoms with Gasteiger partial charge in [0.1, 0.15) is 5.75 Å². The molecule has 2 aromatic rings. The second-order valence-electron chi connectivity index (χ2n) is 6.66. The van der Waals surface area contributed by atoms with Crippen LogP contribution in [-0.4, -0.2) is 18.5 Å². The van der Waals surface area contributed by atoms with Crippen molar-refractivity contribution in [3.8, 4) is 5.75 Å². The van der Waals surface area contributed by atoms with Crippen molar-refractivity contribution >= 4 is 11.9 Å². The zero-order valence-electron chi connectivity index (χ0n) is 15.1. The zero-order valence-corrected chi connectivity index (χ0v) is 15.1. The lowest BCUT2D eigenvalue weighted by atomic mass is 10.0. The Labute approximate surface area is 148 Å². The van der Waals surface area contributed by atoms with Crippen molar-refractivity contribution in [2.24, 2.45) is 5.92 Å². The monoisotopic (exact) mass is 340 g/mol. The van der Waals surface area contributed by atoms with Gasteiger partial charge in [-0.25, -0.2) is 9.59 Å². The van der Waals surface area contributed by atoms with Crippen molar-refractivity contribution in [1.82, 2.24) is 0 Å². The van der Waals surface area contributed by atoms with Crippen LogP contribution in [0.2, 0.25) is 0 Å². The minimum absolute atomic E-state index is 0.237. The van der Waals surface area contributed by atoms with Crippen LogP contribution >= 0.6 is 0 Å². The highest BCUT2D eigenvalue weighted by molar-refractivity contribution is 5.96. The van der Waals surface area contributed by atoms with Gasteiger partial charge >= 0.3 is 11.9 Å². The summed E-state index contributed by atoms with van der Waals surface area (Å²) in [4.78, 5) is 24.5. The first-order valence-corrected chi connectivity index (χ1v) is 8.46. The van der Waals surface area contributed by atoms with Gasteiger partial charge in [0.05, 0.1) is 17.7 Å². The average molecular weight is 340 g/mol. The van der Waals surface area contributed by atoms with Crippen molar-refractivity contribution in [3.05, 3.63) is 65.2 Å². The third-order valence-corrected chi connectivity index (χ3v) is 3.63. The zero-order chi connectivity index (χ0) is 18.4. The van der Waals surface area contributed by atoms with E-state index in [4.69, 9.17) is 9.47 Å². The van der Waals surface area contributed by atoms with Crippen LogP contribution in [0.4, 0.5) is 0 Å². The van der Waals surface area contributed by atoms with Gasteiger partial charge in [-0.3, -0.25) is 0 Å². The minimum Gasteiger partial charge on any atom is -0.462 e. The predicted molar refractivity (Wildman–Crippen MR) is 97.1 cm³/mol. The highest BCUT2D eigenvalue weighted by atomic mass is 16.5. The molecule has 0 heterocycles. The van der Waals surface area contributed by atoms with E-state index in [0.717, 1.165) is 5.56 Å². The second kappa shape index (κ2) is 8.47. The van der Waals surface area contributed by atoms with Crippen LogP contribution in [0.3, 0.4) is 0 Å². The fourth-order valence-corrected chi connectivity index (χ4v) is 2.31. The lowest BCUT2D eigenvalue weighted by Crippen LogP contribution is -2.13. The normalized spacial score (nSPS) is 10.8. The van der Waals surface area contributed by atoms with Gasteiger partial charge in [0, 0.05) is 0 Å². The SMILES string of the molecule is CC(C)COC(=O)c1cccc(C(=O)Oc2ccccc2C(C)C)c1. The van der Waals surface area contributed by atoms with Crippen LogP contribution in [0, 0.1) is 5.92 Å². The van der Waals surface area contributed by atoms with Crippen molar-refractivity contribution < 1.29 is 19.1 Å². The summed E-state index contributed by atoms with van der Waals surface area (Å²) in [6.45, 7) is 8.35. The standard InChI is InChI=1S/C21H24O4/c1-14(2)13-24-20(22)16-8-7-9-17(12-16)21(23)25-19-11-6-5-10-18(19)15(3)4/h5-12,14-15H,13H2,1-4H3. The topological polar surface area (TPSA) is 52.6 Å². The summed E-state index contributed by atoms with van der Waals surface area (Å²) < 4.78 is 10.7. The van der Waals surface area contributed by atoms with Gasteiger partial charge in [0.15, 0.2) is 0 Å². The Balaban J connectivity index is 2.15. The van der Waals surface area contributed by atoms with E-state index in [1.165, 1.54) is 6.07 Å². The van der Waals surface area contributed by atoms with E-state index in [2.05, 4.69) is 0 Å². The van der Waals surface area contributed by atoms with Crippen LogP contribution < -0.4 is 4.74 Å². The molecule has 0 radical (unpaired) electrons. The van der Waals surface area contributed by atoms with Crippen molar-refractivity contribution in [2.75, 3.05) is 6.61 Å². The van der Waals surface area contributed by atoms with E-state index in [1.54, 1.807) is 24.3 Å². The number of esters is 2. The molecule has 0 aliphatic heterocycles. The molecular formula is C21H24O4. The fraction of sp³-hybridized carbons (Fsp3) is 0.333. The van der Waals surface area contributed by atoms with Gasteiger partial charge < -0.3 is 9.47 Å². The van der Waals surface area contributed by atoms with Gasteiger partial charge in [-0.2, -0.15) is 0 Å². The first-order chi connectivity index (χ1) is 11.9. The molecule has 0 fully saturated rings. The quantitative estimate of drug-likeness (QED) is 0.557. The van der Waals surface area contributed by atoms with E-state index in [9.17, 15) is 9.59 Å². The second-order valence-corrected chi connectivity index (χ2v) is 6.66. The van der Waals surface area contributed by atoms with Gasteiger partial charge in [0.25, 0.3) is 0 Å². The highest BCUT2D eigenvalue weighted by Gasteiger charge is 2.16. The number of hydrogen-bond acceptors (Lipinski definition) is 4. The van der Waals surface area contributed by atoms with E-state index in [0.29, 0.717) is 23.5 Å². The summed E-state index contributed by atoms with van der Waals surface area (Å²) >= 11 is 0. The summed E-state index contributed by atoms with van der Waals surface area (Å²) in [5, 5.41) is 0. The summed E-state index contributed by atoms with van der Waals surface area (Å²) in [6.07, 6.45) is 0. The molecule has 0 spiro atoms. The lowest BCUT2D eigenvalue weighted by molar-refractivity contribution is 0.0459. The minimum atomic E-state index is -0.494. The number of hydrogen-bond donors (Lipinski definition) is 0. The van der Waals surface area contributed by atoms with Crippen LogP contribution in [0.5, 0.6) is 5.75 Å². The molecule has 25 heavy (non-hydrogen) atoms. The molecule has 2 aromatic carbocycles. The Hall–Kier alpha value is -2.62. The Morgan fingerprint density at radius 3 is 2.16 bits per heavy atom. The Kier molecular flexibility index (Phi) is 6.34. The molecule has 0 unspecified atom stereocenters.